The molecule has 1 aromatic carbocycles. The zero-order valence-corrected chi connectivity index (χ0v) is 14.3. The number of hydrogen-bond donors (Lipinski definition) is 0. The van der Waals surface area contributed by atoms with Crippen LogP contribution in [-0.2, 0) is 22.5 Å². The third-order valence-electron chi connectivity index (χ3n) is 4.17. The van der Waals surface area contributed by atoms with E-state index in [9.17, 15) is 4.79 Å². The number of thiophene rings is 1. The molecule has 0 N–H and O–H groups in total. The smallest absolute Gasteiger partial charge is 0.252 e. The van der Waals surface area contributed by atoms with Crippen molar-refractivity contribution in [3.8, 4) is 0 Å². The van der Waals surface area contributed by atoms with Crippen LogP contribution in [0.4, 0.5) is 0 Å². The van der Waals surface area contributed by atoms with Gasteiger partial charge in [0.05, 0.1) is 6.54 Å². The molecule has 122 valence electrons. The Balaban J connectivity index is 1.68. The Kier molecular flexibility index (Phi) is 5.47. The number of carbonyl (C=O) groups excluding carboxylic acids is 1. The maximum Gasteiger partial charge on any atom is 0.252 e. The quantitative estimate of drug-likeness (QED) is 0.806. The van der Waals surface area contributed by atoms with Crippen LogP contribution in [0.3, 0.4) is 0 Å². The number of rotatable bonds is 6. The van der Waals surface area contributed by atoms with E-state index in [0.717, 1.165) is 25.8 Å². The first-order valence-electron chi connectivity index (χ1n) is 8.22. The Bertz CT molecular complexity index is 632. The normalized spacial score (nSPS) is 17.3. The van der Waals surface area contributed by atoms with Gasteiger partial charge in [-0.3, -0.25) is 4.79 Å². The van der Waals surface area contributed by atoms with Crippen LogP contribution in [0, 0.1) is 6.92 Å². The molecule has 0 spiro atoms. The van der Waals surface area contributed by atoms with Crippen LogP contribution in [0.25, 0.3) is 0 Å². The van der Waals surface area contributed by atoms with E-state index in [1.165, 1.54) is 15.3 Å². The summed E-state index contributed by atoms with van der Waals surface area (Å²) < 4.78 is 5.60. The molecule has 0 aliphatic carbocycles. The van der Waals surface area contributed by atoms with E-state index in [4.69, 9.17) is 4.74 Å². The van der Waals surface area contributed by atoms with Crippen molar-refractivity contribution in [3.63, 3.8) is 0 Å². The number of ether oxygens (including phenoxy) is 1. The molecular formula is C19H23NO2S. The highest BCUT2D eigenvalue weighted by Crippen LogP contribution is 2.21. The minimum Gasteiger partial charge on any atom is -0.368 e. The van der Waals surface area contributed by atoms with Gasteiger partial charge in [0.25, 0.3) is 5.91 Å². The molecule has 3 nitrogen and oxygen atoms in total. The molecule has 1 atom stereocenters. The number of aryl methyl sites for hydroxylation is 1. The lowest BCUT2D eigenvalue weighted by Crippen LogP contribution is -2.39. The SMILES string of the molecule is Cc1ccc(CN(CCc2ccccc2)C(=O)C2CCCO2)s1. The molecule has 1 amide bonds. The topological polar surface area (TPSA) is 29.5 Å². The summed E-state index contributed by atoms with van der Waals surface area (Å²) >= 11 is 1.76. The standard InChI is InChI=1S/C19H23NO2S/c1-15-9-10-17(23-15)14-20(19(21)18-8-5-13-22-18)12-11-16-6-3-2-4-7-16/h2-4,6-7,9-10,18H,5,8,11-14H2,1H3. The summed E-state index contributed by atoms with van der Waals surface area (Å²) in [6, 6.07) is 14.6. The third kappa shape index (κ3) is 4.43. The van der Waals surface area contributed by atoms with Crippen LogP contribution in [0.1, 0.15) is 28.2 Å². The van der Waals surface area contributed by atoms with Gasteiger partial charge in [-0.25, -0.2) is 0 Å². The van der Waals surface area contributed by atoms with Crippen molar-refractivity contribution in [1.29, 1.82) is 0 Å². The Morgan fingerprint density at radius 3 is 2.74 bits per heavy atom. The van der Waals surface area contributed by atoms with Gasteiger partial charge in [0.1, 0.15) is 6.10 Å². The van der Waals surface area contributed by atoms with E-state index in [-0.39, 0.29) is 12.0 Å². The molecule has 1 aliphatic rings. The Morgan fingerprint density at radius 1 is 1.26 bits per heavy atom. The third-order valence-corrected chi connectivity index (χ3v) is 5.16. The van der Waals surface area contributed by atoms with Gasteiger partial charge in [0.15, 0.2) is 0 Å². The largest absolute Gasteiger partial charge is 0.368 e. The van der Waals surface area contributed by atoms with E-state index < -0.39 is 0 Å². The maximum absolute atomic E-state index is 12.8. The summed E-state index contributed by atoms with van der Waals surface area (Å²) in [5.74, 6) is 0.143. The van der Waals surface area contributed by atoms with Gasteiger partial charge in [-0.15, -0.1) is 11.3 Å². The van der Waals surface area contributed by atoms with Gasteiger partial charge in [0.2, 0.25) is 0 Å². The number of amides is 1. The summed E-state index contributed by atoms with van der Waals surface area (Å²) in [6.45, 7) is 4.23. The summed E-state index contributed by atoms with van der Waals surface area (Å²) in [5, 5.41) is 0. The van der Waals surface area contributed by atoms with Crippen molar-refractivity contribution in [2.24, 2.45) is 0 Å². The maximum atomic E-state index is 12.8. The predicted molar refractivity (Wildman–Crippen MR) is 93.6 cm³/mol. The van der Waals surface area contributed by atoms with Crippen molar-refractivity contribution in [2.75, 3.05) is 13.2 Å². The predicted octanol–water partition coefficient (Wildman–Crippen LogP) is 3.81. The second kappa shape index (κ2) is 7.75. The summed E-state index contributed by atoms with van der Waals surface area (Å²) in [6.07, 6.45) is 2.47. The molecular weight excluding hydrogens is 306 g/mol. The van der Waals surface area contributed by atoms with E-state index in [0.29, 0.717) is 13.2 Å². The van der Waals surface area contributed by atoms with Crippen LogP contribution in [0.2, 0.25) is 0 Å². The van der Waals surface area contributed by atoms with Gasteiger partial charge < -0.3 is 9.64 Å². The Labute approximate surface area is 141 Å². The molecule has 2 heterocycles. The minimum atomic E-state index is -0.244. The zero-order chi connectivity index (χ0) is 16.1. The van der Waals surface area contributed by atoms with Crippen LogP contribution < -0.4 is 0 Å². The summed E-state index contributed by atoms with van der Waals surface area (Å²) in [5.41, 5.74) is 1.26. The van der Waals surface area contributed by atoms with Crippen molar-refractivity contribution in [3.05, 3.63) is 57.8 Å². The molecule has 0 bridgehead atoms. The second-order valence-electron chi connectivity index (χ2n) is 6.01. The average molecular weight is 329 g/mol. The molecule has 1 unspecified atom stereocenters. The molecule has 1 saturated heterocycles. The molecule has 0 radical (unpaired) electrons. The van der Waals surface area contributed by atoms with Crippen LogP contribution in [0.15, 0.2) is 42.5 Å². The second-order valence-corrected chi connectivity index (χ2v) is 7.38. The first kappa shape index (κ1) is 16.2. The first-order chi connectivity index (χ1) is 11.2. The molecule has 1 fully saturated rings. The number of hydrogen-bond acceptors (Lipinski definition) is 3. The molecule has 3 rings (SSSR count). The molecule has 23 heavy (non-hydrogen) atoms. The summed E-state index contributed by atoms with van der Waals surface area (Å²) in [4.78, 5) is 17.3. The van der Waals surface area contributed by atoms with Gasteiger partial charge in [-0.2, -0.15) is 0 Å². The van der Waals surface area contributed by atoms with Crippen molar-refractivity contribution in [2.45, 2.75) is 38.8 Å². The highest BCUT2D eigenvalue weighted by molar-refractivity contribution is 7.11. The average Bonchev–Trinajstić information content (AvgIpc) is 3.23. The molecule has 4 heteroatoms. The van der Waals surface area contributed by atoms with E-state index in [1.54, 1.807) is 11.3 Å². The molecule has 1 aromatic heterocycles. The summed E-state index contributed by atoms with van der Waals surface area (Å²) in [7, 11) is 0. The highest BCUT2D eigenvalue weighted by atomic mass is 32.1. The van der Waals surface area contributed by atoms with Crippen LogP contribution in [-0.4, -0.2) is 30.1 Å². The zero-order valence-electron chi connectivity index (χ0n) is 13.5. The van der Waals surface area contributed by atoms with Gasteiger partial charge in [0, 0.05) is 22.9 Å². The number of carbonyl (C=O) groups is 1. The fraction of sp³-hybridized carbons (Fsp3) is 0.421. The van der Waals surface area contributed by atoms with E-state index in [1.807, 2.05) is 23.1 Å². The van der Waals surface area contributed by atoms with Gasteiger partial charge >= 0.3 is 0 Å². The van der Waals surface area contributed by atoms with Crippen molar-refractivity contribution in [1.82, 2.24) is 4.90 Å². The molecule has 2 aromatic rings. The Morgan fingerprint density at radius 2 is 2.09 bits per heavy atom. The number of nitrogens with zero attached hydrogens (tertiary/aromatic N) is 1. The molecule has 0 saturated carbocycles. The minimum absolute atomic E-state index is 0.143. The number of benzene rings is 1. The highest BCUT2D eigenvalue weighted by Gasteiger charge is 2.28. The fourth-order valence-corrected chi connectivity index (χ4v) is 3.82. The lowest BCUT2D eigenvalue weighted by Gasteiger charge is -2.25. The van der Waals surface area contributed by atoms with Gasteiger partial charge in [-0.1, -0.05) is 30.3 Å². The fourth-order valence-electron chi connectivity index (χ4n) is 2.91. The lowest BCUT2D eigenvalue weighted by molar-refractivity contribution is -0.141. The van der Waals surface area contributed by atoms with Crippen molar-refractivity contribution >= 4 is 17.2 Å². The first-order valence-corrected chi connectivity index (χ1v) is 9.03. The van der Waals surface area contributed by atoms with Crippen LogP contribution in [0.5, 0.6) is 0 Å². The van der Waals surface area contributed by atoms with E-state index >= 15 is 0 Å². The van der Waals surface area contributed by atoms with Gasteiger partial charge in [-0.05, 0) is 43.9 Å². The molecule has 1 aliphatic heterocycles. The lowest BCUT2D eigenvalue weighted by atomic mass is 10.1. The van der Waals surface area contributed by atoms with Crippen LogP contribution >= 0.6 is 11.3 Å². The monoisotopic (exact) mass is 329 g/mol. The Hall–Kier alpha value is -1.65. The van der Waals surface area contributed by atoms with Crippen molar-refractivity contribution < 1.29 is 9.53 Å². The van der Waals surface area contributed by atoms with E-state index in [2.05, 4.69) is 31.2 Å².